The van der Waals surface area contributed by atoms with Gasteiger partial charge in [-0.25, -0.2) is 15.0 Å². The van der Waals surface area contributed by atoms with E-state index < -0.39 is 31.1 Å². The van der Waals surface area contributed by atoms with Gasteiger partial charge in [0.05, 0.1) is 12.9 Å². The van der Waals surface area contributed by atoms with Crippen LogP contribution < -0.4 is 11.1 Å². The Morgan fingerprint density at radius 2 is 1.89 bits per heavy atom. The minimum absolute atomic E-state index is 0.398. The van der Waals surface area contributed by atoms with Crippen LogP contribution in [0.4, 0.5) is 11.5 Å². The third-order valence-electron chi connectivity index (χ3n) is 4.59. The molecule has 3 aromatic rings. The number of nitrogen functional groups attached to an aromatic ring is 1. The number of aliphatic hydroxyl groups is 3. The molecule has 0 aliphatic carbocycles. The van der Waals surface area contributed by atoms with E-state index in [4.69, 9.17) is 10.5 Å². The van der Waals surface area contributed by atoms with Crippen molar-refractivity contribution in [3.63, 3.8) is 0 Å². The molecule has 1 aliphatic heterocycles. The average molecular weight is 372 g/mol. The van der Waals surface area contributed by atoms with Crippen LogP contribution in [0.5, 0.6) is 0 Å². The summed E-state index contributed by atoms with van der Waals surface area (Å²) in [5.74, 6) is 0.530. The zero-order valence-corrected chi connectivity index (χ0v) is 14.3. The van der Waals surface area contributed by atoms with Gasteiger partial charge in [0.1, 0.15) is 24.6 Å². The van der Waals surface area contributed by atoms with Gasteiger partial charge < -0.3 is 31.1 Å². The fourth-order valence-electron chi connectivity index (χ4n) is 3.10. The Bertz CT molecular complexity index is 931. The Morgan fingerprint density at radius 3 is 2.59 bits per heavy atom. The van der Waals surface area contributed by atoms with Gasteiger partial charge in [0.15, 0.2) is 23.2 Å². The summed E-state index contributed by atoms with van der Waals surface area (Å²) in [4.78, 5) is 12.8. The lowest BCUT2D eigenvalue weighted by Crippen LogP contribution is -2.33. The molecule has 0 radical (unpaired) electrons. The maximum absolute atomic E-state index is 10.2. The quantitative estimate of drug-likeness (QED) is 0.378. The van der Waals surface area contributed by atoms with E-state index in [1.165, 1.54) is 17.2 Å². The zero-order chi connectivity index (χ0) is 19.0. The number of aromatic nitrogens is 4. The fraction of sp³-hybridized carbons (Fsp3) is 0.353. The van der Waals surface area contributed by atoms with Gasteiger partial charge in [-0.3, -0.25) is 4.57 Å². The molecule has 1 fully saturated rings. The topological polar surface area (TPSA) is 152 Å². The van der Waals surface area contributed by atoms with Gasteiger partial charge in [0, 0.05) is 12.2 Å². The van der Waals surface area contributed by atoms with Crippen LogP contribution in [-0.4, -0.2) is 59.8 Å². The number of nitrogens with two attached hydrogens (primary N) is 1. The molecule has 2 aromatic heterocycles. The number of ether oxygens (including phenoxy) is 1. The van der Waals surface area contributed by atoms with Crippen molar-refractivity contribution in [3.05, 3.63) is 42.5 Å². The summed E-state index contributed by atoms with van der Waals surface area (Å²) in [6.45, 7) is 0.123. The van der Waals surface area contributed by atoms with Crippen LogP contribution in [0.2, 0.25) is 0 Å². The van der Waals surface area contributed by atoms with Crippen LogP contribution >= 0.6 is 0 Å². The van der Waals surface area contributed by atoms with Crippen molar-refractivity contribution in [1.82, 2.24) is 19.5 Å². The minimum Gasteiger partial charge on any atom is -0.399 e. The zero-order valence-electron chi connectivity index (χ0n) is 14.3. The summed E-state index contributed by atoms with van der Waals surface area (Å²) < 4.78 is 7.07. The summed E-state index contributed by atoms with van der Waals surface area (Å²) in [6.07, 6.45) is -1.32. The van der Waals surface area contributed by atoms with Crippen LogP contribution in [0.3, 0.4) is 0 Å². The van der Waals surface area contributed by atoms with Crippen LogP contribution in [0.25, 0.3) is 11.2 Å². The van der Waals surface area contributed by atoms with Gasteiger partial charge in [0.25, 0.3) is 0 Å². The highest BCUT2D eigenvalue weighted by Crippen LogP contribution is 2.32. The molecule has 1 aromatic carbocycles. The number of anilines is 2. The van der Waals surface area contributed by atoms with Crippen molar-refractivity contribution >= 4 is 22.7 Å². The van der Waals surface area contributed by atoms with Gasteiger partial charge >= 0.3 is 0 Å². The number of imidazole rings is 1. The van der Waals surface area contributed by atoms with Gasteiger partial charge in [-0.15, -0.1) is 0 Å². The first-order chi connectivity index (χ1) is 13.1. The molecule has 27 heavy (non-hydrogen) atoms. The number of hydrogen-bond donors (Lipinski definition) is 5. The molecule has 1 aliphatic rings. The highest BCUT2D eigenvalue weighted by atomic mass is 16.6. The Balaban J connectivity index is 1.59. The highest BCUT2D eigenvalue weighted by Gasteiger charge is 2.44. The summed E-state index contributed by atoms with van der Waals surface area (Å²) in [7, 11) is 0. The average Bonchev–Trinajstić information content (AvgIpc) is 3.23. The number of fused-ring (bicyclic) bond motifs is 1. The molecular weight excluding hydrogens is 352 g/mol. The predicted octanol–water partition coefficient (Wildman–Crippen LogP) is -0.368. The maximum Gasteiger partial charge on any atom is 0.167 e. The number of hydrogen-bond acceptors (Lipinski definition) is 9. The third kappa shape index (κ3) is 3.19. The second-order valence-corrected chi connectivity index (χ2v) is 6.37. The second kappa shape index (κ2) is 7.08. The largest absolute Gasteiger partial charge is 0.399 e. The van der Waals surface area contributed by atoms with Crippen molar-refractivity contribution in [3.8, 4) is 0 Å². The molecule has 0 bridgehead atoms. The van der Waals surface area contributed by atoms with Crippen molar-refractivity contribution in [2.45, 2.75) is 31.1 Å². The van der Waals surface area contributed by atoms with E-state index in [1.54, 1.807) is 0 Å². The first-order valence-corrected chi connectivity index (χ1v) is 8.46. The molecule has 1 saturated heterocycles. The summed E-state index contributed by atoms with van der Waals surface area (Å²) in [6, 6.07) is 7.48. The van der Waals surface area contributed by atoms with E-state index in [9.17, 15) is 15.3 Å². The van der Waals surface area contributed by atoms with E-state index in [1.807, 2.05) is 24.3 Å². The lowest BCUT2D eigenvalue weighted by atomic mass is 10.1. The first kappa shape index (κ1) is 17.6. The van der Waals surface area contributed by atoms with E-state index >= 15 is 0 Å². The normalized spacial score (nSPS) is 25.1. The monoisotopic (exact) mass is 372 g/mol. The molecule has 4 atom stereocenters. The van der Waals surface area contributed by atoms with Crippen LogP contribution in [0, 0.1) is 0 Å². The van der Waals surface area contributed by atoms with Crippen LogP contribution in [0.1, 0.15) is 11.8 Å². The molecule has 0 saturated carbocycles. The molecule has 3 heterocycles. The number of benzene rings is 1. The molecule has 1 unspecified atom stereocenters. The lowest BCUT2D eigenvalue weighted by molar-refractivity contribution is -0.0511. The second-order valence-electron chi connectivity index (χ2n) is 6.37. The third-order valence-corrected chi connectivity index (χ3v) is 4.59. The standard InChI is InChI=1S/C17H20N6O4/c18-10-3-1-9(2-4-10)5-19-15-12-16(21-7-20-15)23(8-22-12)17-14(26)13(25)11(6-24)27-17/h1-4,7-8,11,13-14,17,24-26H,5-6,18H2,(H,19,20,21)/t11-,13-,14-,17?/m1/s1. The molecule has 10 heteroatoms. The molecule has 4 rings (SSSR count). The van der Waals surface area contributed by atoms with Crippen molar-refractivity contribution in [2.75, 3.05) is 17.7 Å². The summed E-state index contributed by atoms with van der Waals surface area (Å²) in [5, 5.41) is 32.7. The summed E-state index contributed by atoms with van der Waals surface area (Å²) >= 11 is 0. The van der Waals surface area contributed by atoms with Crippen molar-refractivity contribution in [2.24, 2.45) is 0 Å². The Kier molecular flexibility index (Phi) is 4.62. The fourth-order valence-corrected chi connectivity index (χ4v) is 3.10. The number of rotatable bonds is 5. The number of aliphatic hydroxyl groups excluding tert-OH is 3. The van der Waals surface area contributed by atoms with Crippen molar-refractivity contribution < 1.29 is 20.1 Å². The maximum atomic E-state index is 10.2. The van der Waals surface area contributed by atoms with Gasteiger partial charge in [-0.1, -0.05) is 12.1 Å². The molecule has 0 spiro atoms. The lowest BCUT2D eigenvalue weighted by Gasteiger charge is -2.16. The van der Waals surface area contributed by atoms with E-state index in [-0.39, 0.29) is 0 Å². The van der Waals surface area contributed by atoms with E-state index in [0.29, 0.717) is 29.2 Å². The van der Waals surface area contributed by atoms with E-state index in [2.05, 4.69) is 20.3 Å². The van der Waals surface area contributed by atoms with Gasteiger partial charge in [-0.2, -0.15) is 0 Å². The Hall–Kier alpha value is -2.79. The number of nitrogens with one attached hydrogen (secondary N) is 1. The Labute approximate surface area is 154 Å². The minimum atomic E-state index is -1.21. The number of nitrogens with zero attached hydrogens (tertiary/aromatic N) is 4. The Morgan fingerprint density at radius 1 is 1.11 bits per heavy atom. The molecule has 10 nitrogen and oxygen atoms in total. The SMILES string of the molecule is Nc1ccc(CNc2ncnc3c2ncn3C2O[C@H](CO)[C@@H](O)[C@H]2O)cc1. The molecule has 6 N–H and O–H groups in total. The smallest absolute Gasteiger partial charge is 0.167 e. The van der Waals surface area contributed by atoms with Crippen molar-refractivity contribution in [1.29, 1.82) is 0 Å². The molecule has 142 valence electrons. The summed E-state index contributed by atoms with van der Waals surface area (Å²) in [5.41, 5.74) is 8.36. The van der Waals surface area contributed by atoms with E-state index in [0.717, 1.165) is 5.56 Å². The van der Waals surface area contributed by atoms with Crippen LogP contribution in [-0.2, 0) is 11.3 Å². The van der Waals surface area contributed by atoms with Crippen LogP contribution in [0.15, 0.2) is 36.9 Å². The van der Waals surface area contributed by atoms with Gasteiger partial charge in [0.2, 0.25) is 0 Å². The first-order valence-electron chi connectivity index (χ1n) is 8.46. The molecule has 0 amide bonds. The molecular formula is C17H20N6O4. The van der Waals surface area contributed by atoms with Gasteiger partial charge in [-0.05, 0) is 17.7 Å². The highest BCUT2D eigenvalue weighted by molar-refractivity contribution is 5.82. The predicted molar refractivity (Wildman–Crippen MR) is 96.5 cm³/mol.